The summed E-state index contributed by atoms with van der Waals surface area (Å²) >= 11 is 0. The molecule has 4 N–H and O–H groups in total. The molecule has 0 fully saturated rings. The zero-order valence-electron chi connectivity index (χ0n) is 9.16. The highest BCUT2D eigenvalue weighted by Gasteiger charge is 2.16. The number of imidazole rings is 1. The lowest BCUT2D eigenvalue weighted by Crippen LogP contribution is -2.44. The fourth-order valence-electron chi connectivity index (χ4n) is 1.16. The summed E-state index contributed by atoms with van der Waals surface area (Å²) in [6.45, 7) is 4.42. The average Bonchev–Trinajstić information content (AvgIpc) is 2.69. The third-order valence-electron chi connectivity index (χ3n) is 2.24. The van der Waals surface area contributed by atoms with Crippen LogP contribution < -0.4 is 11.1 Å². The molecule has 1 aromatic rings. The first-order valence-electron chi connectivity index (χ1n) is 5.13. The second-order valence-corrected chi connectivity index (χ2v) is 3.85. The van der Waals surface area contributed by atoms with E-state index in [-0.39, 0.29) is 11.8 Å². The Labute approximate surface area is 89.5 Å². The standard InChI is InChI=1S/C10H18N4O/c1-7(2)9(11)10(15)14-4-3-8-12-5-6-13-8/h5-7,9H,3-4,11H2,1-2H3,(H,12,13)(H,14,15)/t9-/m0/s1. The van der Waals surface area contributed by atoms with Crippen molar-refractivity contribution in [3.05, 3.63) is 18.2 Å². The number of nitrogens with one attached hydrogen (secondary N) is 2. The van der Waals surface area contributed by atoms with Crippen LogP contribution in [0.25, 0.3) is 0 Å². The summed E-state index contributed by atoms with van der Waals surface area (Å²) < 4.78 is 0. The number of rotatable bonds is 5. The van der Waals surface area contributed by atoms with Crippen molar-refractivity contribution in [1.82, 2.24) is 15.3 Å². The third-order valence-corrected chi connectivity index (χ3v) is 2.24. The first-order chi connectivity index (χ1) is 7.11. The van der Waals surface area contributed by atoms with E-state index >= 15 is 0 Å². The number of H-pyrrole nitrogens is 1. The van der Waals surface area contributed by atoms with E-state index in [1.165, 1.54) is 0 Å². The Balaban J connectivity index is 2.23. The molecule has 84 valence electrons. The van der Waals surface area contributed by atoms with Crippen molar-refractivity contribution in [2.45, 2.75) is 26.3 Å². The van der Waals surface area contributed by atoms with Gasteiger partial charge in [0.25, 0.3) is 0 Å². The van der Waals surface area contributed by atoms with Gasteiger partial charge in [0, 0.05) is 25.4 Å². The van der Waals surface area contributed by atoms with Gasteiger partial charge in [-0.05, 0) is 5.92 Å². The first-order valence-corrected chi connectivity index (χ1v) is 5.13. The Hall–Kier alpha value is -1.36. The Morgan fingerprint density at radius 2 is 2.40 bits per heavy atom. The van der Waals surface area contributed by atoms with Crippen molar-refractivity contribution in [1.29, 1.82) is 0 Å². The number of aromatic amines is 1. The molecule has 0 aliphatic heterocycles. The molecule has 0 aliphatic carbocycles. The van der Waals surface area contributed by atoms with Crippen molar-refractivity contribution in [3.8, 4) is 0 Å². The Bertz CT molecular complexity index is 294. The van der Waals surface area contributed by atoms with E-state index in [1.54, 1.807) is 12.4 Å². The molecule has 15 heavy (non-hydrogen) atoms. The maximum Gasteiger partial charge on any atom is 0.237 e. The van der Waals surface area contributed by atoms with Gasteiger partial charge in [-0.1, -0.05) is 13.8 Å². The molecule has 1 heterocycles. The van der Waals surface area contributed by atoms with Gasteiger partial charge in [-0.15, -0.1) is 0 Å². The summed E-state index contributed by atoms with van der Waals surface area (Å²) in [4.78, 5) is 18.5. The Morgan fingerprint density at radius 1 is 1.67 bits per heavy atom. The van der Waals surface area contributed by atoms with Crippen LogP contribution in [0, 0.1) is 5.92 Å². The molecule has 0 saturated heterocycles. The molecule has 1 rings (SSSR count). The zero-order valence-corrected chi connectivity index (χ0v) is 9.16. The summed E-state index contributed by atoms with van der Waals surface area (Å²) in [6, 6.07) is -0.429. The van der Waals surface area contributed by atoms with E-state index in [0.717, 1.165) is 5.82 Å². The topological polar surface area (TPSA) is 83.8 Å². The lowest BCUT2D eigenvalue weighted by molar-refractivity contribution is -0.123. The predicted octanol–water partition coefficient (Wildman–Crippen LogP) is 0.0517. The fourth-order valence-corrected chi connectivity index (χ4v) is 1.16. The van der Waals surface area contributed by atoms with Crippen LogP contribution in [0.4, 0.5) is 0 Å². The van der Waals surface area contributed by atoms with Gasteiger partial charge in [-0.25, -0.2) is 4.98 Å². The zero-order chi connectivity index (χ0) is 11.3. The van der Waals surface area contributed by atoms with Gasteiger partial charge >= 0.3 is 0 Å². The normalized spacial score (nSPS) is 12.8. The minimum Gasteiger partial charge on any atom is -0.354 e. The highest BCUT2D eigenvalue weighted by molar-refractivity contribution is 5.81. The third kappa shape index (κ3) is 3.71. The first kappa shape index (κ1) is 11.7. The van der Waals surface area contributed by atoms with Gasteiger partial charge in [0.2, 0.25) is 5.91 Å². The molecule has 0 bridgehead atoms. The van der Waals surface area contributed by atoms with E-state index in [2.05, 4.69) is 15.3 Å². The van der Waals surface area contributed by atoms with Crippen LogP contribution in [-0.2, 0) is 11.2 Å². The number of hydrogen-bond donors (Lipinski definition) is 3. The SMILES string of the molecule is CC(C)[C@H](N)C(=O)NCCc1ncc[nH]1. The minimum absolute atomic E-state index is 0.100. The van der Waals surface area contributed by atoms with Gasteiger partial charge in [0.1, 0.15) is 5.82 Å². The van der Waals surface area contributed by atoms with Crippen molar-refractivity contribution >= 4 is 5.91 Å². The highest BCUT2D eigenvalue weighted by Crippen LogP contribution is 1.97. The van der Waals surface area contributed by atoms with Gasteiger partial charge in [0.15, 0.2) is 0 Å². The van der Waals surface area contributed by atoms with E-state index in [4.69, 9.17) is 5.73 Å². The summed E-state index contributed by atoms with van der Waals surface area (Å²) in [5.74, 6) is 0.929. The maximum atomic E-state index is 11.4. The van der Waals surface area contributed by atoms with Crippen molar-refractivity contribution < 1.29 is 4.79 Å². The molecule has 0 saturated carbocycles. The van der Waals surface area contributed by atoms with Gasteiger partial charge < -0.3 is 16.0 Å². The molecule has 5 nitrogen and oxygen atoms in total. The molecule has 0 aromatic carbocycles. The number of hydrogen-bond acceptors (Lipinski definition) is 3. The molecular formula is C10H18N4O. The highest BCUT2D eigenvalue weighted by atomic mass is 16.2. The predicted molar refractivity (Wildman–Crippen MR) is 58.1 cm³/mol. The summed E-state index contributed by atoms with van der Waals surface area (Å²) in [5.41, 5.74) is 5.68. The molecule has 0 radical (unpaired) electrons. The molecule has 0 spiro atoms. The van der Waals surface area contributed by atoms with Gasteiger partial charge in [0.05, 0.1) is 6.04 Å². The molecule has 1 amide bonds. The van der Waals surface area contributed by atoms with Crippen LogP contribution in [0.2, 0.25) is 0 Å². The van der Waals surface area contributed by atoms with Gasteiger partial charge in [-0.2, -0.15) is 0 Å². The lowest BCUT2D eigenvalue weighted by Gasteiger charge is -2.14. The van der Waals surface area contributed by atoms with Crippen molar-refractivity contribution in [3.63, 3.8) is 0 Å². The van der Waals surface area contributed by atoms with Crippen molar-refractivity contribution in [2.24, 2.45) is 11.7 Å². The number of aromatic nitrogens is 2. The largest absolute Gasteiger partial charge is 0.354 e. The molecule has 1 aromatic heterocycles. The van der Waals surface area contributed by atoms with Crippen LogP contribution in [0.15, 0.2) is 12.4 Å². The Morgan fingerprint density at radius 3 is 2.93 bits per heavy atom. The summed E-state index contributed by atoms with van der Waals surface area (Å²) in [6.07, 6.45) is 4.15. The number of amides is 1. The summed E-state index contributed by atoms with van der Waals surface area (Å²) in [5, 5.41) is 2.78. The number of carbonyl (C=O) groups is 1. The molecule has 0 aliphatic rings. The average molecular weight is 210 g/mol. The summed E-state index contributed by atoms with van der Waals surface area (Å²) in [7, 11) is 0. The van der Waals surface area contributed by atoms with Crippen LogP contribution in [-0.4, -0.2) is 28.5 Å². The van der Waals surface area contributed by atoms with Gasteiger partial charge in [-0.3, -0.25) is 4.79 Å². The van der Waals surface area contributed by atoms with Crippen LogP contribution in [0.5, 0.6) is 0 Å². The molecule has 1 atom stereocenters. The lowest BCUT2D eigenvalue weighted by atomic mass is 10.1. The van der Waals surface area contributed by atoms with E-state index < -0.39 is 6.04 Å². The quantitative estimate of drug-likeness (QED) is 0.642. The van der Waals surface area contributed by atoms with Crippen LogP contribution in [0.1, 0.15) is 19.7 Å². The monoisotopic (exact) mass is 210 g/mol. The Kier molecular flexibility index (Phi) is 4.30. The smallest absolute Gasteiger partial charge is 0.237 e. The van der Waals surface area contributed by atoms with E-state index in [1.807, 2.05) is 13.8 Å². The van der Waals surface area contributed by atoms with E-state index in [0.29, 0.717) is 13.0 Å². The second kappa shape index (κ2) is 5.50. The van der Waals surface area contributed by atoms with Crippen LogP contribution in [0.3, 0.4) is 0 Å². The maximum absolute atomic E-state index is 11.4. The molecule has 0 unspecified atom stereocenters. The minimum atomic E-state index is -0.429. The number of nitrogens with two attached hydrogens (primary N) is 1. The fraction of sp³-hybridized carbons (Fsp3) is 0.600. The number of nitrogens with zero attached hydrogens (tertiary/aromatic N) is 1. The molecule has 5 heteroatoms. The number of carbonyl (C=O) groups excluding carboxylic acids is 1. The second-order valence-electron chi connectivity index (χ2n) is 3.85. The van der Waals surface area contributed by atoms with Crippen molar-refractivity contribution in [2.75, 3.05) is 6.54 Å². The van der Waals surface area contributed by atoms with Crippen LogP contribution >= 0.6 is 0 Å². The molecular weight excluding hydrogens is 192 g/mol. The van der Waals surface area contributed by atoms with E-state index in [9.17, 15) is 4.79 Å².